The number of carbonyl (C=O) groups excluding carboxylic acids is 1. The summed E-state index contributed by atoms with van der Waals surface area (Å²) < 4.78 is 1.66. The molecule has 88 valence electrons. The van der Waals surface area contributed by atoms with Crippen molar-refractivity contribution in [2.75, 3.05) is 13.1 Å². The average Bonchev–Trinajstić information content (AvgIpc) is 2.68. The zero-order chi connectivity index (χ0) is 11.7. The minimum Gasteiger partial charge on any atom is -0.333 e. The Bertz CT molecular complexity index is 387. The molecule has 1 amide bonds. The van der Waals surface area contributed by atoms with Gasteiger partial charge in [0.25, 0.3) is 5.91 Å². The molecule has 0 saturated carbocycles. The predicted molar refractivity (Wildman–Crippen MR) is 61.2 cm³/mol. The van der Waals surface area contributed by atoms with Crippen molar-refractivity contribution < 1.29 is 4.79 Å². The molecular formula is C11H18N4O. The fraction of sp³-hybridized carbons (Fsp3) is 0.636. The first kappa shape index (κ1) is 11.1. The van der Waals surface area contributed by atoms with Crippen LogP contribution in [0.25, 0.3) is 0 Å². The van der Waals surface area contributed by atoms with Crippen LogP contribution in [0.1, 0.15) is 24.2 Å². The molecule has 2 rings (SSSR count). The van der Waals surface area contributed by atoms with Gasteiger partial charge < -0.3 is 10.2 Å². The Morgan fingerprint density at radius 2 is 2.31 bits per heavy atom. The number of rotatable bonds is 1. The third-order valence-electron chi connectivity index (χ3n) is 3.25. The molecule has 0 aliphatic carbocycles. The smallest absolute Gasteiger partial charge is 0.257 e. The summed E-state index contributed by atoms with van der Waals surface area (Å²) in [6.07, 6.45) is 3.39. The van der Waals surface area contributed by atoms with Gasteiger partial charge in [0, 0.05) is 38.4 Å². The Morgan fingerprint density at radius 3 is 2.94 bits per heavy atom. The molecule has 1 N–H and O–H groups in total. The monoisotopic (exact) mass is 222 g/mol. The number of carbonyl (C=O) groups is 1. The normalized spacial score (nSPS) is 25.8. The second kappa shape index (κ2) is 4.25. The number of piperazine rings is 1. The summed E-state index contributed by atoms with van der Waals surface area (Å²) >= 11 is 0. The molecule has 0 radical (unpaired) electrons. The van der Waals surface area contributed by atoms with E-state index in [-0.39, 0.29) is 11.9 Å². The maximum Gasteiger partial charge on any atom is 0.257 e. The number of nitrogens with one attached hydrogen (secondary N) is 1. The van der Waals surface area contributed by atoms with E-state index in [0.29, 0.717) is 11.6 Å². The third kappa shape index (κ3) is 1.95. The third-order valence-corrected chi connectivity index (χ3v) is 3.25. The minimum absolute atomic E-state index is 0.0777. The number of hydrogen-bond donors (Lipinski definition) is 1. The Morgan fingerprint density at radius 1 is 1.56 bits per heavy atom. The molecule has 1 aromatic rings. The van der Waals surface area contributed by atoms with Crippen LogP contribution in [0.4, 0.5) is 0 Å². The molecule has 0 aromatic carbocycles. The first-order valence-corrected chi connectivity index (χ1v) is 5.62. The summed E-state index contributed by atoms with van der Waals surface area (Å²) in [4.78, 5) is 14.1. The van der Waals surface area contributed by atoms with Crippen LogP contribution in [0.2, 0.25) is 0 Å². The summed E-state index contributed by atoms with van der Waals surface area (Å²) in [5.74, 6) is 0.0777. The Labute approximate surface area is 95.4 Å². The van der Waals surface area contributed by atoms with Gasteiger partial charge in [-0.25, -0.2) is 0 Å². The topological polar surface area (TPSA) is 50.2 Å². The second-order valence-corrected chi connectivity index (χ2v) is 4.38. The first-order chi connectivity index (χ1) is 7.59. The lowest BCUT2D eigenvalue weighted by molar-refractivity contribution is 0.0603. The van der Waals surface area contributed by atoms with E-state index in [0.717, 1.165) is 13.1 Å². The van der Waals surface area contributed by atoms with E-state index < -0.39 is 0 Å². The number of aryl methyl sites for hydroxylation is 1. The number of hydrogen-bond acceptors (Lipinski definition) is 3. The molecule has 0 spiro atoms. The highest BCUT2D eigenvalue weighted by atomic mass is 16.2. The van der Waals surface area contributed by atoms with Crippen LogP contribution in [0.3, 0.4) is 0 Å². The summed E-state index contributed by atoms with van der Waals surface area (Å²) in [6, 6.07) is 0.566. The minimum atomic E-state index is 0.0777. The van der Waals surface area contributed by atoms with Crippen molar-refractivity contribution in [2.45, 2.75) is 25.9 Å². The fourth-order valence-electron chi connectivity index (χ4n) is 2.04. The molecule has 1 aliphatic rings. The van der Waals surface area contributed by atoms with Gasteiger partial charge in [0.05, 0.1) is 11.8 Å². The molecule has 16 heavy (non-hydrogen) atoms. The van der Waals surface area contributed by atoms with Gasteiger partial charge in [-0.05, 0) is 13.8 Å². The van der Waals surface area contributed by atoms with Gasteiger partial charge in [0.2, 0.25) is 0 Å². The SMILES string of the molecule is CC1NCCN(C(=O)c2cnn(C)c2)C1C. The van der Waals surface area contributed by atoms with Crippen LogP contribution in [-0.2, 0) is 7.05 Å². The van der Waals surface area contributed by atoms with Crippen molar-refractivity contribution in [3.8, 4) is 0 Å². The van der Waals surface area contributed by atoms with Gasteiger partial charge in [-0.3, -0.25) is 9.48 Å². The van der Waals surface area contributed by atoms with Crippen molar-refractivity contribution in [1.82, 2.24) is 20.0 Å². The molecule has 1 saturated heterocycles. The van der Waals surface area contributed by atoms with Gasteiger partial charge in [-0.15, -0.1) is 0 Å². The van der Waals surface area contributed by atoms with Crippen molar-refractivity contribution in [1.29, 1.82) is 0 Å². The molecule has 5 heteroatoms. The Balaban J connectivity index is 2.15. The quantitative estimate of drug-likeness (QED) is 0.740. The first-order valence-electron chi connectivity index (χ1n) is 5.62. The lowest BCUT2D eigenvalue weighted by Gasteiger charge is -2.38. The van der Waals surface area contributed by atoms with Gasteiger partial charge in [-0.1, -0.05) is 0 Å². The highest BCUT2D eigenvalue weighted by Crippen LogP contribution is 2.13. The molecule has 0 bridgehead atoms. The van der Waals surface area contributed by atoms with Crippen molar-refractivity contribution in [2.24, 2.45) is 7.05 Å². The van der Waals surface area contributed by atoms with Crippen LogP contribution < -0.4 is 5.32 Å². The Kier molecular flexibility index (Phi) is 2.96. The summed E-state index contributed by atoms with van der Waals surface area (Å²) in [5, 5.41) is 7.39. The highest BCUT2D eigenvalue weighted by molar-refractivity contribution is 5.94. The number of nitrogens with zero attached hydrogens (tertiary/aromatic N) is 3. The predicted octanol–water partition coefficient (Wildman–Crippen LogP) is 0.242. The highest BCUT2D eigenvalue weighted by Gasteiger charge is 2.29. The molecule has 1 aromatic heterocycles. The van der Waals surface area contributed by atoms with Crippen molar-refractivity contribution in [3.63, 3.8) is 0 Å². The van der Waals surface area contributed by atoms with Gasteiger partial charge in [0.15, 0.2) is 0 Å². The molecular weight excluding hydrogens is 204 g/mol. The second-order valence-electron chi connectivity index (χ2n) is 4.38. The van der Waals surface area contributed by atoms with E-state index in [4.69, 9.17) is 0 Å². The molecule has 2 unspecified atom stereocenters. The van der Waals surface area contributed by atoms with Crippen LogP contribution >= 0.6 is 0 Å². The molecule has 5 nitrogen and oxygen atoms in total. The van der Waals surface area contributed by atoms with E-state index in [2.05, 4.69) is 24.3 Å². The standard InChI is InChI=1S/C11H18N4O/c1-8-9(2)15(5-4-12-8)11(16)10-6-13-14(3)7-10/h6-9,12H,4-5H2,1-3H3. The lowest BCUT2D eigenvalue weighted by atomic mass is 10.1. The van der Waals surface area contributed by atoms with Crippen LogP contribution in [0.15, 0.2) is 12.4 Å². The van der Waals surface area contributed by atoms with E-state index in [1.807, 2.05) is 11.9 Å². The summed E-state index contributed by atoms with van der Waals surface area (Å²) in [6.45, 7) is 5.80. The zero-order valence-corrected chi connectivity index (χ0v) is 9.97. The molecule has 2 heterocycles. The van der Waals surface area contributed by atoms with Crippen LogP contribution in [-0.4, -0.2) is 45.8 Å². The number of amides is 1. The fourth-order valence-corrected chi connectivity index (χ4v) is 2.04. The molecule has 1 fully saturated rings. The maximum atomic E-state index is 12.2. The maximum absolute atomic E-state index is 12.2. The summed E-state index contributed by atoms with van der Waals surface area (Å²) in [7, 11) is 1.82. The van der Waals surface area contributed by atoms with Crippen molar-refractivity contribution >= 4 is 5.91 Å². The van der Waals surface area contributed by atoms with E-state index in [9.17, 15) is 4.79 Å². The van der Waals surface area contributed by atoms with E-state index >= 15 is 0 Å². The van der Waals surface area contributed by atoms with Gasteiger partial charge in [-0.2, -0.15) is 5.10 Å². The lowest BCUT2D eigenvalue weighted by Crippen LogP contribution is -2.57. The molecule has 2 atom stereocenters. The van der Waals surface area contributed by atoms with Gasteiger partial charge in [0.1, 0.15) is 0 Å². The van der Waals surface area contributed by atoms with Gasteiger partial charge >= 0.3 is 0 Å². The zero-order valence-electron chi connectivity index (χ0n) is 9.97. The largest absolute Gasteiger partial charge is 0.333 e. The summed E-state index contributed by atoms with van der Waals surface area (Å²) in [5.41, 5.74) is 0.670. The average molecular weight is 222 g/mol. The molecule has 1 aliphatic heterocycles. The van der Waals surface area contributed by atoms with E-state index in [1.165, 1.54) is 0 Å². The van der Waals surface area contributed by atoms with Crippen LogP contribution in [0.5, 0.6) is 0 Å². The number of aromatic nitrogens is 2. The van der Waals surface area contributed by atoms with E-state index in [1.54, 1.807) is 17.1 Å². The van der Waals surface area contributed by atoms with Crippen molar-refractivity contribution in [3.05, 3.63) is 18.0 Å². The van der Waals surface area contributed by atoms with Crippen LogP contribution in [0, 0.1) is 0 Å². The Hall–Kier alpha value is -1.36.